The van der Waals surface area contributed by atoms with E-state index < -0.39 is 0 Å². The number of likely N-dealkylation sites (tertiary alicyclic amines) is 1. The zero-order valence-electron chi connectivity index (χ0n) is 12.4. The second kappa shape index (κ2) is 5.25. The molecule has 2 atom stereocenters. The van der Waals surface area contributed by atoms with Crippen molar-refractivity contribution in [1.82, 2.24) is 14.7 Å². The standard InChI is InChI=1S/C17H20N4O/c18-16-11-20(10-15(16)12-6-7-12)17(22)13-8-19-21(9-13)14-4-2-1-3-5-14/h1-5,8-9,12,15-16H,6-7,10-11,18H2/t15-,16+/m1/s1. The van der Waals surface area contributed by atoms with Crippen LogP contribution in [-0.2, 0) is 0 Å². The monoisotopic (exact) mass is 296 g/mol. The molecular weight excluding hydrogens is 276 g/mol. The van der Waals surface area contributed by atoms with E-state index >= 15 is 0 Å². The molecule has 1 aliphatic carbocycles. The first-order chi connectivity index (χ1) is 10.7. The maximum atomic E-state index is 12.6. The second-order valence-electron chi connectivity index (χ2n) is 6.38. The predicted octanol–water partition coefficient (Wildman–Crippen LogP) is 1.68. The SMILES string of the molecule is N[C@H]1CN(C(=O)c2cnn(-c3ccccc3)c2)C[C@@H]1C1CC1. The highest BCUT2D eigenvalue weighted by Gasteiger charge is 2.42. The molecule has 1 aromatic heterocycles. The van der Waals surface area contributed by atoms with E-state index in [1.54, 1.807) is 17.1 Å². The average molecular weight is 296 g/mol. The van der Waals surface area contributed by atoms with Crippen molar-refractivity contribution in [1.29, 1.82) is 0 Å². The molecule has 114 valence electrons. The van der Waals surface area contributed by atoms with Crippen LogP contribution in [0, 0.1) is 11.8 Å². The Morgan fingerprint density at radius 2 is 1.95 bits per heavy atom. The van der Waals surface area contributed by atoms with E-state index in [-0.39, 0.29) is 11.9 Å². The summed E-state index contributed by atoms with van der Waals surface area (Å²) in [5, 5.41) is 4.30. The molecule has 5 nitrogen and oxygen atoms in total. The van der Waals surface area contributed by atoms with Crippen molar-refractivity contribution in [2.45, 2.75) is 18.9 Å². The van der Waals surface area contributed by atoms with Crippen LogP contribution in [0.25, 0.3) is 5.69 Å². The van der Waals surface area contributed by atoms with E-state index in [2.05, 4.69) is 5.10 Å². The highest BCUT2D eigenvalue weighted by Crippen LogP contribution is 2.41. The maximum Gasteiger partial charge on any atom is 0.257 e. The molecule has 2 aromatic rings. The zero-order chi connectivity index (χ0) is 15.1. The van der Waals surface area contributed by atoms with E-state index in [0.29, 0.717) is 18.0 Å². The first kappa shape index (κ1) is 13.5. The molecule has 2 N–H and O–H groups in total. The number of carbonyl (C=O) groups excluding carboxylic acids is 1. The second-order valence-corrected chi connectivity index (χ2v) is 6.38. The molecule has 5 heteroatoms. The number of carbonyl (C=O) groups is 1. The highest BCUT2D eigenvalue weighted by molar-refractivity contribution is 5.94. The summed E-state index contributed by atoms with van der Waals surface area (Å²) in [6, 6.07) is 9.94. The topological polar surface area (TPSA) is 64.2 Å². The van der Waals surface area contributed by atoms with Gasteiger partial charge in [-0.2, -0.15) is 5.10 Å². The average Bonchev–Trinajstić information content (AvgIpc) is 3.13. The first-order valence-electron chi connectivity index (χ1n) is 7.87. The molecule has 0 unspecified atom stereocenters. The molecule has 1 aliphatic heterocycles. The van der Waals surface area contributed by atoms with Gasteiger partial charge in [0.25, 0.3) is 5.91 Å². The largest absolute Gasteiger partial charge is 0.337 e. The number of rotatable bonds is 3. The van der Waals surface area contributed by atoms with Crippen molar-refractivity contribution >= 4 is 5.91 Å². The predicted molar refractivity (Wildman–Crippen MR) is 83.7 cm³/mol. The van der Waals surface area contributed by atoms with Crippen molar-refractivity contribution in [3.8, 4) is 5.69 Å². The minimum atomic E-state index is 0.0424. The maximum absolute atomic E-state index is 12.6. The van der Waals surface area contributed by atoms with Gasteiger partial charge in [0.2, 0.25) is 0 Å². The molecule has 0 spiro atoms. The Hall–Kier alpha value is -2.14. The minimum Gasteiger partial charge on any atom is -0.337 e. The Bertz CT molecular complexity index is 677. The van der Waals surface area contributed by atoms with E-state index in [9.17, 15) is 4.79 Å². The van der Waals surface area contributed by atoms with E-state index in [4.69, 9.17) is 5.73 Å². The van der Waals surface area contributed by atoms with Gasteiger partial charge in [0, 0.05) is 25.3 Å². The molecule has 2 heterocycles. The third-order valence-electron chi connectivity index (χ3n) is 4.78. The van der Waals surface area contributed by atoms with Crippen LogP contribution in [0.4, 0.5) is 0 Å². The fourth-order valence-electron chi connectivity index (χ4n) is 3.38. The summed E-state index contributed by atoms with van der Waals surface area (Å²) in [6.45, 7) is 1.46. The van der Waals surface area contributed by atoms with Gasteiger partial charge >= 0.3 is 0 Å². The number of nitrogens with zero attached hydrogens (tertiary/aromatic N) is 3. The molecule has 2 aliphatic rings. The molecule has 0 radical (unpaired) electrons. The lowest BCUT2D eigenvalue weighted by molar-refractivity contribution is 0.0785. The summed E-state index contributed by atoms with van der Waals surface area (Å²) in [6.07, 6.45) is 5.98. The van der Waals surface area contributed by atoms with Crippen molar-refractivity contribution in [2.24, 2.45) is 17.6 Å². The van der Waals surface area contributed by atoms with Gasteiger partial charge in [0.05, 0.1) is 17.4 Å². The molecule has 1 saturated heterocycles. The zero-order valence-corrected chi connectivity index (χ0v) is 12.4. The number of amides is 1. The fraction of sp³-hybridized carbons (Fsp3) is 0.412. The first-order valence-corrected chi connectivity index (χ1v) is 7.87. The molecule has 0 bridgehead atoms. The van der Waals surface area contributed by atoms with Gasteiger partial charge in [-0.1, -0.05) is 18.2 Å². The lowest BCUT2D eigenvalue weighted by atomic mass is 9.99. The Kier molecular flexibility index (Phi) is 3.22. The van der Waals surface area contributed by atoms with Gasteiger partial charge in [-0.15, -0.1) is 0 Å². The molecule has 1 amide bonds. The number of aromatic nitrogens is 2. The normalized spacial score (nSPS) is 24.7. The Labute approximate surface area is 129 Å². The van der Waals surface area contributed by atoms with E-state index in [1.165, 1.54) is 12.8 Å². The Balaban J connectivity index is 1.50. The number of hydrogen-bond acceptors (Lipinski definition) is 3. The number of benzene rings is 1. The number of nitrogens with two attached hydrogens (primary N) is 1. The van der Waals surface area contributed by atoms with E-state index in [1.807, 2.05) is 35.2 Å². The van der Waals surface area contributed by atoms with E-state index in [0.717, 1.165) is 18.2 Å². The summed E-state index contributed by atoms with van der Waals surface area (Å²) in [5.74, 6) is 1.26. The van der Waals surface area contributed by atoms with Gasteiger partial charge in [-0.05, 0) is 36.8 Å². The van der Waals surface area contributed by atoms with Gasteiger partial charge in [0.15, 0.2) is 0 Å². The molecule has 2 fully saturated rings. The Morgan fingerprint density at radius 3 is 2.68 bits per heavy atom. The van der Waals surface area contributed by atoms with Crippen LogP contribution in [-0.4, -0.2) is 39.7 Å². The van der Waals surface area contributed by atoms with Crippen LogP contribution in [0.5, 0.6) is 0 Å². The molecule has 1 aromatic carbocycles. The third kappa shape index (κ3) is 2.41. The van der Waals surface area contributed by atoms with Crippen LogP contribution in [0.2, 0.25) is 0 Å². The van der Waals surface area contributed by atoms with Gasteiger partial charge in [-0.25, -0.2) is 4.68 Å². The van der Waals surface area contributed by atoms with Crippen LogP contribution in [0.3, 0.4) is 0 Å². The summed E-state index contributed by atoms with van der Waals surface area (Å²) < 4.78 is 1.74. The van der Waals surface area contributed by atoms with Crippen molar-refractivity contribution in [3.63, 3.8) is 0 Å². The van der Waals surface area contributed by atoms with Crippen LogP contribution >= 0.6 is 0 Å². The van der Waals surface area contributed by atoms with Crippen molar-refractivity contribution < 1.29 is 4.79 Å². The quantitative estimate of drug-likeness (QED) is 0.937. The van der Waals surface area contributed by atoms with Gasteiger partial charge in [0.1, 0.15) is 0 Å². The van der Waals surface area contributed by atoms with Gasteiger partial charge < -0.3 is 10.6 Å². The summed E-state index contributed by atoms with van der Waals surface area (Å²) in [7, 11) is 0. The fourth-order valence-corrected chi connectivity index (χ4v) is 3.38. The highest BCUT2D eigenvalue weighted by atomic mass is 16.2. The molecule has 22 heavy (non-hydrogen) atoms. The lowest BCUT2D eigenvalue weighted by Crippen LogP contribution is -2.32. The molecule has 4 rings (SSSR count). The molecular formula is C17H20N4O. The lowest BCUT2D eigenvalue weighted by Gasteiger charge is -2.14. The summed E-state index contributed by atoms with van der Waals surface area (Å²) >= 11 is 0. The number of hydrogen-bond donors (Lipinski definition) is 1. The van der Waals surface area contributed by atoms with Crippen LogP contribution in [0.15, 0.2) is 42.7 Å². The van der Waals surface area contributed by atoms with Crippen LogP contribution < -0.4 is 5.73 Å². The van der Waals surface area contributed by atoms with Gasteiger partial charge in [-0.3, -0.25) is 4.79 Å². The third-order valence-corrected chi connectivity index (χ3v) is 4.78. The van der Waals surface area contributed by atoms with Crippen molar-refractivity contribution in [3.05, 3.63) is 48.3 Å². The smallest absolute Gasteiger partial charge is 0.257 e. The van der Waals surface area contributed by atoms with Crippen LogP contribution in [0.1, 0.15) is 23.2 Å². The molecule has 1 saturated carbocycles. The summed E-state index contributed by atoms with van der Waals surface area (Å²) in [4.78, 5) is 14.5. The van der Waals surface area contributed by atoms with Crippen molar-refractivity contribution in [2.75, 3.05) is 13.1 Å². The number of para-hydroxylation sites is 1. The minimum absolute atomic E-state index is 0.0424. The Morgan fingerprint density at radius 1 is 1.18 bits per heavy atom. The summed E-state index contributed by atoms with van der Waals surface area (Å²) in [5.41, 5.74) is 7.79.